The first-order chi connectivity index (χ1) is 13.1. The zero-order valence-corrected chi connectivity index (χ0v) is 15.1. The molecule has 2 heterocycles. The number of aliphatic hydroxyl groups excluding tert-OH is 1. The molecule has 1 aliphatic rings. The number of hydrogen-bond donors (Lipinski definition) is 2. The quantitative estimate of drug-likeness (QED) is 0.729. The maximum absolute atomic E-state index is 13.0. The number of aryl methyl sites for hydroxylation is 1. The van der Waals surface area contributed by atoms with Gasteiger partial charge in [-0.3, -0.25) is 14.2 Å². The number of nitrogens with zero attached hydrogens (tertiary/aromatic N) is 2. The second-order valence-corrected chi connectivity index (χ2v) is 6.92. The summed E-state index contributed by atoms with van der Waals surface area (Å²) >= 11 is 0. The summed E-state index contributed by atoms with van der Waals surface area (Å²) in [4.78, 5) is 30.2. The Hall–Kier alpha value is -2.99. The summed E-state index contributed by atoms with van der Waals surface area (Å²) in [5, 5.41) is 12.7. The molecule has 0 fully saturated rings. The Morgan fingerprint density at radius 2 is 2.00 bits per heavy atom. The normalized spacial score (nSPS) is 15.8. The number of amides is 1. The number of nitrogens with one attached hydrogen (secondary N) is 1. The van der Waals surface area contributed by atoms with Crippen LogP contribution in [0.15, 0.2) is 47.3 Å². The molecule has 6 nitrogen and oxygen atoms in total. The van der Waals surface area contributed by atoms with Crippen LogP contribution in [0.4, 0.5) is 5.69 Å². The number of anilines is 1. The number of benzene rings is 2. The number of aromatic nitrogens is 2. The van der Waals surface area contributed by atoms with Crippen LogP contribution in [-0.4, -0.2) is 27.2 Å². The summed E-state index contributed by atoms with van der Waals surface area (Å²) in [6.07, 6.45) is 0.799. The van der Waals surface area contributed by atoms with Gasteiger partial charge in [0.05, 0.1) is 16.8 Å². The van der Waals surface area contributed by atoms with Crippen LogP contribution >= 0.6 is 0 Å². The van der Waals surface area contributed by atoms with Crippen LogP contribution in [-0.2, 0) is 17.8 Å². The minimum absolute atomic E-state index is 0.00928. The van der Waals surface area contributed by atoms with Gasteiger partial charge in [-0.05, 0) is 37.1 Å². The molecule has 0 spiro atoms. The van der Waals surface area contributed by atoms with E-state index in [1.54, 1.807) is 10.6 Å². The van der Waals surface area contributed by atoms with Crippen molar-refractivity contribution >= 4 is 22.5 Å². The van der Waals surface area contributed by atoms with Crippen molar-refractivity contribution in [3.05, 3.63) is 69.8 Å². The number of para-hydroxylation sites is 1. The van der Waals surface area contributed by atoms with Crippen LogP contribution in [0.2, 0.25) is 0 Å². The molecule has 0 aliphatic carbocycles. The topological polar surface area (TPSA) is 84.2 Å². The van der Waals surface area contributed by atoms with Crippen LogP contribution in [0, 0.1) is 6.92 Å². The van der Waals surface area contributed by atoms with Crippen molar-refractivity contribution in [2.75, 3.05) is 11.9 Å². The lowest BCUT2D eigenvalue weighted by Gasteiger charge is -2.16. The zero-order chi connectivity index (χ0) is 19.0. The molecule has 1 aromatic heterocycles. The fourth-order valence-electron chi connectivity index (χ4n) is 3.66. The summed E-state index contributed by atoms with van der Waals surface area (Å²) in [5.41, 5.74) is 3.34. The van der Waals surface area contributed by atoms with E-state index in [1.165, 1.54) is 0 Å². The van der Waals surface area contributed by atoms with Crippen LogP contribution in [0.25, 0.3) is 10.9 Å². The molecule has 6 heteroatoms. The molecule has 0 radical (unpaired) electrons. The molecule has 27 heavy (non-hydrogen) atoms. The van der Waals surface area contributed by atoms with Crippen LogP contribution in [0.1, 0.15) is 29.3 Å². The fourth-order valence-corrected chi connectivity index (χ4v) is 3.66. The molecule has 1 aliphatic heterocycles. The number of aliphatic hydroxyl groups is 1. The molecular weight excluding hydrogens is 342 g/mol. The number of carbonyl (C=O) groups is 1. The molecule has 2 aromatic carbocycles. The number of fused-ring (bicyclic) bond motifs is 2. The molecule has 0 saturated heterocycles. The van der Waals surface area contributed by atoms with E-state index in [-0.39, 0.29) is 24.0 Å². The van der Waals surface area contributed by atoms with Gasteiger partial charge in [0.25, 0.3) is 5.56 Å². The van der Waals surface area contributed by atoms with Gasteiger partial charge in [0.1, 0.15) is 5.82 Å². The van der Waals surface area contributed by atoms with E-state index in [9.17, 15) is 14.7 Å². The highest BCUT2D eigenvalue weighted by Crippen LogP contribution is 2.35. The summed E-state index contributed by atoms with van der Waals surface area (Å²) in [6, 6.07) is 13.1. The van der Waals surface area contributed by atoms with E-state index in [0.717, 1.165) is 16.8 Å². The average Bonchev–Trinajstić information content (AvgIpc) is 2.96. The average molecular weight is 363 g/mol. The molecule has 0 saturated carbocycles. The maximum atomic E-state index is 13.0. The van der Waals surface area contributed by atoms with Gasteiger partial charge >= 0.3 is 0 Å². The first-order valence-corrected chi connectivity index (χ1v) is 9.09. The summed E-state index contributed by atoms with van der Waals surface area (Å²) in [7, 11) is 0. The molecule has 4 rings (SSSR count). The second kappa shape index (κ2) is 6.96. The Labute approximate surface area is 156 Å². The van der Waals surface area contributed by atoms with Crippen molar-refractivity contribution in [1.29, 1.82) is 0 Å². The van der Waals surface area contributed by atoms with Gasteiger partial charge in [-0.25, -0.2) is 4.98 Å². The third-order valence-electron chi connectivity index (χ3n) is 5.02. The lowest BCUT2D eigenvalue weighted by molar-refractivity contribution is -0.117. The maximum Gasteiger partial charge on any atom is 0.261 e. The largest absolute Gasteiger partial charge is 0.396 e. The van der Waals surface area contributed by atoms with Crippen molar-refractivity contribution in [1.82, 2.24) is 9.55 Å². The summed E-state index contributed by atoms with van der Waals surface area (Å²) < 4.78 is 1.60. The Bertz CT molecular complexity index is 1090. The smallest absolute Gasteiger partial charge is 0.261 e. The fraction of sp³-hybridized carbons (Fsp3) is 0.286. The van der Waals surface area contributed by atoms with Crippen molar-refractivity contribution < 1.29 is 9.90 Å². The number of hydrogen-bond acceptors (Lipinski definition) is 4. The van der Waals surface area contributed by atoms with Gasteiger partial charge in [0, 0.05) is 25.3 Å². The molecule has 138 valence electrons. The molecular formula is C21H21N3O3. The highest BCUT2D eigenvalue weighted by Gasteiger charge is 2.32. The van der Waals surface area contributed by atoms with Gasteiger partial charge in [0.15, 0.2) is 0 Å². The molecule has 1 atom stereocenters. The van der Waals surface area contributed by atoms with Crippen LogP contribution in [0.3, 0.4) is 0 Å². The zero-order valence-electron chi connectivity index (χ0n) is 15.1. The Kier molecular flexibility index (Phi) is 4.49. The van der Waals surface area contributed by atoms with Gasteiger partial charge in [-0.15, -0.1) is 0 Å². The first kappa shape index (κ1) is 17.4. The van der Waals surface area contributed by atoms with Crippen LogP contribution < -0.4 is 10.9 Å². The molecule has 2 N–H and O–H groups in total. The number of carbonyl (C=O) groups excluding carboxylic acids is 1. The van der Waals surface area contributed by atoms with E-state index < -0.39 is 0 Å². The highest BCUT2D eigenvalue weighted by atomic mass is 16.3. The van der Waals surface area contributed by atoms with E-state index in [0.29, 0.717) is 36.1 Å². The minimum Gasteiger partial charge on any atom is -0.396 e. The van der Waals surface area contributed by atoms with E-state index in [1.807, 2.05) is 43.3 Å². The summed E-state index contributed by atoms with van der Waals surface area (Å²) in [5.74, 6) is 0.113. The third kappa shape index (κ3) is 3.13. The lowest BCUT2D eigenvalue weighted by atomic mass is 9.95. The monoisotopic (exact) mass is 363 g/mol. The SMILES string of the molecule is Cc1ccc2c(c1)C(Cc1nc3ccccc3c(=O)n1CCCO)C(=O)N2. The predicted octanol–water partition coefficient (Wildman–Crippen LogP) is 2.37. The minimum atomic E-state index is -0.381. The summed E-state index contributed by atoms with van der Waals surface area (Å²) in [6.45, 7) is 2.35. The highest BCUT2D eigenvalue weighted by molar-refractivity contribution is 6.03. The Morgan fingerprint density at radius 3 is 2.81 bits per heavy atom. The van der Waals surface area contributed by atoms with Gasteiger partial charge < -0.3 is 10.4 Å². The predicted molar refractivity (Wildman–Crippen MR) is 104 cm³/mol. The standard InChI is InChI=1S/C21H21N3O3/c1-13-7-8-18-15(11-13)16(20(26)23-18)12-19-22-17-6-3-2-5-14(17)21(27)24(19)9-4-10-25/h2-3,5-8,11,16,25H,4,9-10,12H2,1H3,(H,23,26). The second-order valence-electron chi connectivity index (χ2n) is 6.92. The molecule has 3 aromatic rings. The molecule has 1 unspecified atom stereocenters. The third-order valence-corrected chi connectivity index (χ3v) is 5.02. The van der Waals surface area contributed by atoms with Crippen molar-refractivity contribution in [3.63, 3.8) is 0 Å². The Balaban J connectivity index is 1.81. The molecule has 1 amide bonds. The number of rotatable bonds is 5. The lowest BCUT2D eigenvalue weighted by Crippen LogP contribution is -2.28. The van der Waals surface area contributed by atoms with Crippen molar-refractivity contribution in [3.8, 4) is 0 Å². The Morgan fingerprint density at radius 1 is 1.19 bits per heavy atom. The van der Waals surface area contributed by atoms with Crippen molar-refractivity contribution in [2.24, 2.45) is 0 Å². The van der Waals surface area contributed by atoms with Gasteiger partial charge in [-0.2, -0.15) is 0 Å². The van der Waals surface area contributed by atoms with Crippen LogP contribution in [0.5, 0.6) is 0 Å². The van der Waals surface area contributed by atoms with Crippen molar-refractivity contribution in [2.45, 2.75) is 32.2 Å². The van der Waals surface area contributed by atoms with Gasteiger partial charge in [-0.1, -0.05) is 29.8 Å². The van der Waals surface area contributed by atoms with E-state index in [2.05, 4.69) is 10.3 Å². The van der Waals surface area contributed by atoms with E-state index >= 15 is 0 Å². The van der Waals surface area contributed by atoms with E-state index in [4.69, 9.17) is 0 Å². The first-order valence-electron chi connectivity index (χ1n) is 9.09. The molecule has 0 bridgehead atoms. The van der Waals surface area contributed by atoms with Gasteiger partial charge in [0.2, 0.25) is 5.91 Å².